The molecule has 1 aromatic rings. The molecule has 1 aromatic carbocycles. The summed E-state index contributed by atoms with van der Waals surface area (Å²) < 4.78 is 0. The third kappa shape index (κ3) is 3.47. The normalized spacial score (nSPS) is 19.6. The van der Waals surface area contributed by atoms with Crippen LogP contribution in [0, 0.1) is 5.92 Å². The van der Waals surface area contributed by atoms with Gasteiger partial charge in [0.05, 0.1) is 0 Å². The predicted octanol–water partition coefficient (Wildman–Crippen LogP) is 2.71. The van der Waals surface area contributed by atoms with E-state index < -0.39 is 0 Å². The van der Waals surface area contributed by atoms with Gasteiger partial charge in [-0.2, -0.15) is 0 Å². The SMILES string of the molecule is O=C(CCc1ccccc1)N1CCC(CCl)C1. The molecule has 0 bridgehead atoms. The maximum atomic E-state index is 12.0. The van der Waals surface area contributed by atoms with Crippen molar-refractivity contribution in [2.75, 3.05) is 19.0 Å². The molecular weight excluding hydrogens is 234 g/mol. The van der Waals surface area contributed by atoms with Gasteiger partial charge in [-0.1, -0.05) is 30.3 Å². The van der Waals surface area contributed by atoms with Crippen molar-refractivity contribution < 1.29 is 4.79 Å². The number of likely N-dealkylation sites (tertiary alicyclic amines) is 1. The highest BCUT2D eigenvalue weighted by Gasteiger charge is 2.24. The van der Waals surface area contributed by atoms with Crippen molar-refractivity contribution in [2.45, 2.75) is 19.3 Å². The van der Waals surface area contributed by atoms with Gasteiger partial charge < -0.3 is 4.90 Å². The van der Waals surface area contributed by atoms with E-state index in [-0.39, 0.29) is 5.91 Å². The lowest BCUT2D eigenvalue weighted by atomic mass is 10.1. The van der Waals surface area contributed by atoms with Gasteiger partial charge in [-0.15, -0.1) is 11.6 Å². The van der Waals surface area contributed by atoms with Gasteiger partial charge >= 0.3 is 0 Å². The van der Waals surface area contributed by atoms with Gasteiger partial charge in [0.1, 0.15) is 0 Å². The minimum Gasteiger partial charge on any atom is -0.342 e. The van der Waals surface area contributed by atoms with Crippen molar-refractivity contribution in [2.24, 2.45) is 5.92 Å². The molecule has 3 heteroatoms. The number of rotatable bonds is 4. The van der Waals surface area contributed by atoms with E-state index in [9.17, 15) is 4.79 Å². The number of carbonyl (C=O) groups excluding carboxylic acids is 1. The van der Waals surface area contributed by atoms with Crippen molar-refractivity contribution >= 4 is 17.5 Å². The Kier molecular flexibility index (Phi) is 4.43. The van der Waals surface area contributed by atoms with Gasteiger partial charge in [-0.05, 0) is 24.3 Å². The molecule has 1 aliphatic rings. The number of nitrogens with zero attached hydrogens (tertiary/aromatic N) is 1. The fraction of sp³-hybridized carbons (Fsp3) is 0.500. The molecule has 1 heterocycles. The van der Waals surface area contributed by atoms with E-state index in [1.54, 1.807) is 0 Å². The molecule has 0 spiro atoms. The second kappa shape index (κ2) is 6.06. The summed E-state index contributed by atoms with van der Waals surface area (Å²) in [5.74, 6) is 1.43. The van der Waals surface area contributed by atoms with Crippen molar-refractivity contribution in [1.82, 2.24) is 4.90 Å². The van der Waals surface area contributed by atoms with Crippen LogP contribution >= 0.6 is 11.6 Å². The van der Waals surface area contributed by atoms with Gasteiger partial charge in [-0.25, -0.2) is 0 Å². The maximum Gasteiger partial charge on any atom is 0.222 e. The molecule has 0 N–H and O–H groups in total. The lowest BCUT2D eigenvalue weighted by Gasteiger charge is -2.15. The van der Waals surface area contributed by atoms with Crippen LogP contribution in [0.25, 0.3) is 0 Å². The summed E-state index contributed by atoms with van der Waals surface area (Å²) in [5.41, 5.74) is 1.23. The van der Waals surface area contributed by atoms with E-state index in [1.807, 2.05) is 23.1 Å². The van der Waals surface area contributed by atoms with Crippen molar-refractivity contribution in [3.8, 4) is 0 Å². The maximum absolute atomic E-state index is 12.0. The van der Waals surface area contributed by atoms with Crippen LogP contribution in [0.1, 0.15) is 18.4 Å². The third-order valence-electron chi connectivity index (χ3n) is 3.33. The van der Waals surface area contributed by atoms with Crippen LogP contribution in [0.3, 0.4) is 0 Å². The first-order valence-electron chi connectivity index (χ1n) is 6.17. The topological polar surface area (TPSA) is 20.3 Å². The Morgan fingerprint density at radius 1 is 1.35 bits per heavy atom. The number of halogens is 1. The Morgan fingerprint density at radius 3 is 2.76 bits per heavy atom. The average Bonchev–Trinajstić information content (AvgIpc) is 2.86. The monoisotopic (exact) mass is 251 g/mol. The van der Waals surface area contributed by atoms with Gasteiger partial charge in [0.15, 0.2) is 0 Å². The summed E-state index contributed by atoms with van der Waals surface area (Å²) in [5, 5.41) is 0. The molecule has 17 heavy (non-hydrogen) atoms. The summed E-state index contributed by atoms with van der Waals surface area (Å²) >= 11 is 5.81. The largest absolute Gasteiger partial charge is 0.342 e. The molecule has 2 rings (SSSR count). The molecule has 1 amide bonds. The Balaban J connectivity index is 1.78. The average molecular weight is 252 g/mol. The molecule has 1 aliphatic heterocycles. The zero-order valence-corrected chi connectivity index (χ0v) is 10.7. The highest BCUT2D eigenvalue weighted by molar-refractivity contribution is 6.18. The van der Waals surface area contributed by atoms with Crippen LogP contribution < -0.4 is 0 Å². The van der Waals surface area contributed by atoms with Crippen LogP contribution in [0.15, 0.2) is 30.3 Å². The van der Waals surface area contributed by atoms with Gasteiger partial charge in [0.25, 0.3) is 0 Å². The quantitative estimate of drug-likeness (QED) is 0.754. The lowest BCUT2D eigenvalue weighted by Crippen LogP contribution is -2.29. The van der Waals surface area contributed by atoms with Gasteiger partial charge in [0.2, 0.25) is 5.91 Å². The van der Waals surface area contributed by atoms with Gasteiger partial charge in [0, 0.05) is 25.4 Å². The highest BCUT2D eigenvalue weighted by Crippen LogP contribution is 2.18. The molecule has 0 saturated carbocycles. The molecule has 1 atom stereocenters. The number of alkyl halides is 1. The van der Waals surface area contributed by atoms with Crippen LogP contribution in [0.5, 0.6) is 0 Å². The van der Waals surface area contributed by atoms with E-state index in [2.05, 4.69) is 12.1 Å². The number of hydrogen-bond acceptors (Lipinski definition) is 1. The lowest BCUT2D eigenvalue weighted by molar-refractivity contribution is -0.130. The zero-order valence-electron chi connectivity index (χ0n) is 9.94. The van der Waals surface area contributed by atoms with Crippen molar-refractivity contribution in [3.05, 3.63) is 35.9 Å². The first kappa shape index (κ1) is 12.4. The van der Waals surface area contributed by atoms with Crippen LogP contribution in [-0.2, 0) is 11.2 Å². The first-order chi connectivity index (χ1) is 8.29. The van der Waals surface area contributed by atoms with E-state index in [0.717, 1.165) is 25.9 Å². The summed E-state index contributed by atoms with van der Waals surface area (Å²) in [6.45, 7) is 1.72. The number of benzene rings is 1. The van der Waals surface area contributed by atoms with Crippen molar-refractivity contribution in [3.63, 3.8) is 0 Å². The molecule has 1 saturated heterocycles. The second-order valence-electron chi connectivity index (χ2n) is 4.63. The van der Waals surface area contributed by atoms with Crippen LogP contribution in [-0.4, -0.2) is 29.8 Å². The standard InChI is InChI=1S/C14H18ClNO/c15-10-13-8-9-16(11-13)14(17)7-6-12-4-2-1-3-5-12/h1-5,13H,6-11H2. The Labute approximate surface area is 108 Å². The van der Waals surface area contributed by atoms with Crippen molar-refractivity contribution in [1.29, 1.82) is 0 Å². The Bertz CT molecular complexity index is 366. The van der Waals surface area contributed by atoms with E-state index in [0.29, 0.717) is 18.2 Å². The summed E-state index contributed by atoms with van der Waals surface area (Å²) in [7, 11) is 0. The Hall–Kier alpha value is -1.02. The predicted molar refractivity (Wildman–Crippen MR) is 70.2 cm³/mol. The van der Waals surface area contributed by atoms with E-state index in [1.165, 1.54) is 5.56 Å². The molecule has 2 nitrogen and oxygen atoms in total. The fourth-order valence-electron chi connectivity index (χ4n) is 2.24. The fourth-order valence-corrected chi connectivity index (χ4v) is 2.49. The molecular formula is C14H18ClNO. The summed E-state index contributed by atoms with van der Waals surface area (Å²) in [4.78, 5) is 13.9. The van der Waals surface area contributed by atoms with E-state index in [4.69, 9.17) is 11.6 Å². The van der Waals surface area contributed by atoms with Gasteiger partial charge in [-0.3, -0.25) is 4.79 Å². The minimum atomic E-state index is 0.265. The molecule has 0 aromatic heterocycles. The number of carbonyl (C=O) groups is 1. The number of amides is 1. The second-order valence-corrected chi connectivity index (χ2v) is 4.94. The number of aryl methyl sites for hydroxylation is 1. The molecule has 0 radical (unpaired) electrons. The molecule has 0 aliphatic carbocycles. The highest BCUT2D eigenvalue weighted by atomic mass is 35.5. The third-order valence-corrected chi connectivity index (χ3v) is 3.76. The molecule has 1 unspecified atom stereocenters. The number of hydrogen-bond donors (Lipinski definition) is 0. The summed E-state index contributed by atoms with van der Waals surface area (Å²) in [6.07, 6.45) is 2.50. The molecule has 92 valence electrons. The zero-order chi connectivity index (χ0) is 12.1. The first-order valence-corrected chi connectivity index (χ1v) is 6.70. The van der Waals surface area contributed by atoms with Crippen LogP contribution in [0.4, 0.5) is 0 Å². The smallest absolute Gasteiger partial charge is 0.222 e. The Morgan fingerprint density at radius 2 is 2.12 bits per heavy atom. The minimum absolute atomic E-state index is 0.265. The molecule has 1 fully saturated rings. The summed E-state index contributed by atoms with van der Waals surface area (Å²) in [6, 6.07) is 10.2. The van der Waals surface area contributed by atoms with Crippen LogP contribution in [0.2, 0.25) is 0 Å². The van der Waals surface area contributed by atoms with E-state index >= 15 is 0 Å².